The quantitative estimate of drug-likeness (QED) is 0.345. The lowest BCUT2D eigenvalue weighted by molar-refractivity contribution is 0.352. The molecule has 0 aliphatic rings. The van der Waals surface area contributed by atoms with Crippen molar-refractivity contribution in [2.24, 2.45) is 0 Å². The number of methoxy groups -OCH3 is 2. The zero-order valence-electron chi connectivity index (χ0n) is 19.5. The fraction of sp³-hybridized carbons (Fsp3) is 0.320. The van der Waals surface area contributed by atoms with Crippen LogP contribution in [0.25, 0.3) is 10.6 Å². The molecule has 0 amide bonds. The molecule has 0 saturated carbocycles. The molecule has 0 aliphatic carbocycles. The maximum Gasteiger partial charge on any atom is 0.183 e. The number of hydrogen-bond donors (Lipinski definition) is 1. The first-order chi connectivity index (χ1) is 16.1. The number of aromatic nitrogens is 4. The van der Waals surface area contributed by atoms with E-state index in [2.05, 4.69) is 28.5 Å². The second kappa shape index (κ2) is 10.5. The highest BCUT2D eigenvalue weighted by Crippen LogP contribution is 2.34. The van der Waals surface area contributed by atoms with E-state index in [1.807, 2.05) is 49.0 Å². The zero-order valence-corrected chi connectivity index (χ0v) is 20.3. The average Bonchev–Trinajstić information content (AvgIpc) is 3.43. The Morgan fingerprint density at radius 2 is 1.85 bits per heavy atom. The molecule has 1 aromatic carbocycles. The normalized spacial score (nSPS) is 10.9. The van der Waals surface area contributed by atoms with Crippen molar-refractivity contribution < 1.29 is 9.47 Å². The molecule has 0 spiro atoms. The number of hydrogen-bond acceptors (Lipinski definition) is 7. The van der Waals surface area contributed by atoms with Crippen molar-refractivity contribution in [1.29, 1.82) is 0 Å². The predicted molar refractivity (Wildman–Crippen MR) is 132 cm³/mol. The molecule has 3 aromatic heterocycles. The van der Waals surface area contributed by atoms with E-state index < -0.39 is 0 Å². The van der Waals surface area contributed by atoms with E-state index in [1.54, 1.807) is 25.6 Å². The van der Waals surface area contributed by atoms with Gasteiger partial charge in [-0.25, -0.2) is 4.98 Å². The van der Waals surface area contributed by atoms with Crippen LogP contribution in [0.2, 0.25) is 0 Å². The third-order valence-corrected chi connectivity index (χ3v) is 6.49. The Morgan fingerprint density at radius 3 is 2.64 bits per heavy atom. The molecule has 3 heterocycles. The summed E-state index contributed by atoms with van der Waals surface area (Å²) in [6.07, 6.45) is 3.97. The van der Waals surface area contributed by atoms with Crippen molar-refractivity contribution in [3.8, 4) is 22.1 Å². The second-order valence-electron chi connectivity index (χ2n) is 7.78. The standard InChI is InChI=1S/C25H29N5O2S/c1-17-8-5-10-20(27-17)11-7-14-30-15-13-21(29-30)24-18(2)28-25(33-24)26-16-19-9-6-12-22(31-3)23(19)32-4/h5-6,8-10,12-13,15H,7,11,14,16H2,1-4H3,(H,26,28). The molecule has 4 aromatic rings. The van der Waals surface area contributed by atoms with Gasteiger partial charge in [0.25, 0.3) is 0 Å². The van der Waals surface area contributed by atoms with Gasteiger partial charge in [-0.3, -0.25) is 9.67 Å². The minimum atomic E-state index is 0.591. The summed E-state index contributed by atoms with van der Waals surface area (Å²) in [5.41, 5.74) is 5.12. The first kappa shape index (κ1) is 22.8. The molecule has 33 heavy (non-hydrogen) atoms. The van der Waals surface area contributed by atoms with Gasteiger partial charge in [-0.15, -0.1) is 0 Å². The van der Waals surface area contributed by atoms with Crippen LogP contribution in [0.4, 0.5) is 5.13 Å². The summed E-state index contributed by atoms with van der Waals surface area (Å²) in [4.78, 5) is 10.3. The first-order valence-corrected chi connectivity index (χ1v) is 11.8. The Morgan fingerprint density at radius 1 is 1.00 bits per heavy atom. The van der Waals surface area contributed by atoms with Gasteiger partial charge in [0.2, 0.25) is 0 Å². The Balaban J connectivity index is 1.38. The molecule has 172 valence electrons. The Bertz CT molecular complexity index is 1220. The fourth-order valence-electron chi connectivity index (χ4n) is 3.74. The van der Waals surface area contributed by atoms with E-state index in [4.69, 9.17) is 19.6 Å². The van der Waals surface area contributed by atoms with E-state index in [0.29, 0.717) is 6.54 Å². The van der Waals surface area contributed by atoms with Crippen molar-refractivity contribution in [1.82, 2.24) is 19.7 Å². The number of ether oxygens (including phenoxy) is 2. The first-order valence-electron chi connectivity index (χ1n) is 10.9. The van der Waals surface area contributed by atoms with Gasteiger partial charge in [-0.1, -0.05) is 29.5 Å². The number of nitrogens with one attached hydrogen (secondary N) is 1. The van der Waals surface area contributed by atoms with Gasteiger partial charge < -0.3 is 14.8 Å². The highest BCUT2D eigenvalue weighted by atomic mass is 32.1. The number of anilines is 1. The summed E-state index contributed by atoms with van der Waals surface area (Å²) in [6.45, 7) is 5.49. The molecule has 4 rings (SSSR count). The van der Waals surface area contributed by atoms with Crippen molar-refractivity contribution in [2.45, 2.75) is 39.8 Å². The van der Waals surface area contributed by atoms with Gasteiger partial charge in [-0.2, -0.15) is 5.10 Å². The number of para-hydroxylation sites is 1. The molecule has 0 saturated heterocycles. The number of rotatable bonds is 10. The molecular weight excluding hydrogens is 434 g/mol. The van der Waals surface area contributed by atoms with Crippen LogP contribution < -0.4 is 14.8 Å². The van der Waals surface area contributed by atoms with E-state index in [-0.39, 0.29) is 0 Å². The molecule has 7 nitrogen and oxygen atoms in total. The van der Waals surface area contributed by atoms with Crippen molar-refractivity contribution >= 4 is 16.5 Å². The van der Waals surface area contributed by atoms with Gasteiger partial charge >= 0.3 is 0 Å². The summed E-state index contributed by atoms with van der Waals surface area (Å²) >= 11 is 1.61. The summed E-state index contributed by atoms with van der Waals surface area (Å²) in [6, 6.07) is 14.1. The number of thiazole rings is 1. The fourth-order valence-corrected chi connectivity index (χ4v) is 4.67. The van der Waals surface area contributed by atoms with Crippen LogP contribution in [0.5, 0.6) is 11.5 Å². The average molecular weight is 464 g/mol. The van der Waals surface area contributed by atoms with Crippen molar-refractivity contribution in [2.75, 3.05) is 19.5 Å². The molecule has 0 fully saturated rings. The van der Waals surface area contributed by atoms with E-state index in [0.717, 1.165) is 69.2 Å². The maximum absolute atomic E-state index is 5.52. The van der Waals surface area contributed by atoms with Gasteiger partial charge in [-0.05, 0) is 51.0 Å². The molecule has 0 radical (unpaired) electrons. The van der Waals surface area contributed by atoms with Gasteiger partial charge in [0.05, 0.1) is 24.8 Å². The molecule has 1 N–H and O–H groups in total. The van der Waals surface area contributed by atoms with Crippen molar-refractivity contribution in [3.63, 3.8) is 0 Å². The SMILES string of the molecule is COc1cccc(CNc2nc(C)c(-c3ccn(CCCc4cccc(C)n4)n3)s2)c1OC. The van der Waals surface area contributed by atoms with Crippen LogP contribution in [0, 0.1) is 13.8 Å². The monoisotopic (exact) mass is 463 g/mol. The third kappa shape index (κ3) is 5.51. The molecule has 0 bridgehead atoms. The van der Waals surface area contributed by atoms with Crippen LogP contribution in [-0.2, 0) is 19.5 Å². The Hall–Kier alpha value is -3.39. The molecule has 8 heteroatoms. The Labute approximate surface area is 198 Å². The highest BCUT2D eigenvalue weighted by Gasteiger charge is 2.14. The lowest BCUT2D eigenvalue weighted by Crippen LogP contribution is -2.02. The topological polar surface area (TPSA) is 74.1 Å². The van der Waals surface area contributed by atoms with Crippen LogP contribution in [-0.4, -0.2) is 34.0 Å². The number of nitrogens with zero attached hydrogens (tertiary/aromatic N) is 4. The minimum Gasteiger partial charge on any atom is -0.493 e. The molecular formula is C25H29N5O2S. The Kier molecular flexibility index (Phi) is 7.24. The number of pyridine rings is 1. The summed E-state index contributed by atoms with van der Waals surface area (Å²) in [5.74, 6) is 1.46. The van der Waals surface area contributed by atoms with Gasteiger partial charge in [0, 0.05) is 36.2 Å². The highest BCUT2D eigenvalue weighted by molar-refractivity contribution is 7.19. The van der Waals surface area contributed by atoms with E-state index >= 15 is 0 Å². The summed E-state index contributed by atoms with van der Waals surface area (Å²) in [7, 11) is 3.30. The van der Waals surface area contributed by atoms with Crippen LogP contribution in [0.1, 0.15) is 29.1 Å². The summed E-state index contributed by atoms with van der Waals surface area (Å²) < 4.78 is 12.9. The van der Waals surface area contributed by atoms with Crippen LogP contribution in [0.15, 0.2) is 48.7 Å². The lowest BCUT2D eigenvalue weighted by atomic mass is 10.2. The minimum absolute atomic E-state index is 0.591. The third-order valence-electron chi connectivity index (χ3n) is 5.35. The smallest absolute Gasteiger partial charge is 0.183 e. The predicted octanol–water partition coefficient (Wildman–Crippen LogP) is 5.28. The van der Waals surface area contributed by atoms with E-state index in [9.17, 15) is 0 Å². The molecule has 0 atom stereocenters. The largest absolute Gasteiger partial charge is 0.493 e. The maximum atomic E-state index is 5.52. The van der Waals surface area contributed by atoms with Gasteiger partial charge in [0.1, 0.15) is 5.69 Å². The molecule has 0 unspecified atom stereocenters. The lowest BCUT2D eigenvalue weighted by Gasteiger charge is -2.12. The molecule has 0 aliphatic heterocycles. The van der Waals surface area contributed by atoms with E-state index in [1.165, 1.54) is 0 Å². The van der Waals surface area contributed by atoms with Crippen LogP contribution >= 0.6 is 11.3 Å². The number of benzene rings is 1. The van der Waals surface area contributed by atoms with Crippen molar-refractivity contribution in [3.05, 3.63) is 71.3 Å². The zero-order chi connectivity index (χ0) is 23.2. The summed E-state index contributed by atoms with van der Waals surface area (Å²) in [5, 5.41) is 9.04. The number of aryl methyl sites for hydroxylation is 4. The van der Waals surface area contributed by atoms with Crippen LogP contribution in [0.3, 0.4) is 0 Å². The second-order valence-corrected chi connectivity index (χ2v) is 8.78. The van der Waals surface area contributed by atoms with Gasteiger partial charge in [0.15, 0.2) is 16.6 Å².